The Bertz CT molecular complexity index is 1170. The number of rotatable bonds is 6. The zero-order valence-corrected chi connectivity index (χ0v) is 16.2. The van der Waals surface area contributed by atoms with E-state index in [1.165, 1.54) is 4.52 Å². The van der Waals surface area contributed by atoms with Crippen LogP contribution in [0.4, 0.5) is 5.95 Å². The molecule has 0 bridgehead atoms. The van der Waals surface area contributed by atoms with Gasteiger partial charge in [-0.3, -0.25) is 4.79 Å². The largest absolute Gasteiger partial charge is 0.349 e. The molecule has 2 N–H and O–H groups in total. The number of halogens is 1. The Morgan fingerprint density at radius 1 is 1.11 bits per heavy atom. The number of nitrogens with zero attached hydrogens (tertiary/aromatic N) is 3. The van der Waals surface area contributed by atoms with Crippen LogP contribution in [0.1, 0.15) is 24.6 Å². The van der Waals surface area contributed by atoms with Gasteiger partial charge in [-0.1, -0.05) is 61.3 Å². The van der Waals surface area contributed by atoms with Crippen molar-refractivity contribution in [1.29, 1.82) is 0 Å². The molecule has 2 aromatic carbocycles. The van der Waals surface area contributed by atoms with Gasteiger partial charge in [0.15, 0.2) is 0 Å². The molecule has 7 heteroatoms. The lowest BCUT2D eigenvalue weighted by molar-refractivity contribution is 0.837. The van der Waals surface area contributed by atoms with Crippen molar-refractivity contribution in [2.24, 2.45) is 0 Å². The van der Waals surface area contributed by atoms with Crippen molar-refractivity contribution in [2.45, 2.75) is 26.3 Å². The second kappa shape index (κ2) is 7.86. The van der Waals surface area contributed by atoms with Gasteiger partial charge in [-0.2, -0.15) is 9.50 Å². The first-order valence-corrected chi connectivity index (χ1v) is 9.58. The Kier molecular flexibility index (Phi) is 5.12. The normalized spacial score (nSPS) is 11.1. The highest BCUT2D eigenvalue weighted by Gasteiger charge is 2.09. The molecule has 6 nitrogen and oxygen atoms in total. The van der Waals surface area contributed by atoms with Gasteiger partial charge in [0.1, 0.15) is 0 Å². The van der Waals surface area contributed by atoms with Crippen LogP contribution in [0.2, 0.25) is 5.02 Å². The number of aromatic nitrogens is 4. The predicted molar refractivity (Wildman–Crippen MR) is 112 cm³/mol. The van der Waals surface area contributed by atoms with Crippen LogP contribution in [0.5, 0.6) is 0 Å². The summed E-state index contributed by atoms with van der Waals surface area (Å²) in [5.41, 5.74) is 3.81. The summed E-state index contributed by atoms with van der Waals surface area (Å²) in [5.74, 6) is 0.811. The van der Waals surface area contributed by atoms with E-state index in [2.05, 4.69) is 39.4 Å². The molecule has 0 saturated heterocycles. The fraction of sp³-hybridized carbons (Fsp3) is 0.190. The topological polar surface area (TPSA) is 75.1 Å². The maximum absolute atomic E-state index is 12.2. The molecule has 2 heterocycles. The van der Waals surface area contributed by atoms with Crippen LogP contribution in [0, 0.1) is 0 Å². The van der Waals surface area contributed by atoms with Gasteiger partial charge >= 0.3 is 0 Å². The minimum Gasteiger partial charge on any atom is -0.349 e. The Balaban J connectivity index is 1.57. The minimum absolute atomic E-state index is 0.193. The highest BCUT2D eigenvalue weighted by Crippen LogP contribution is 2.25. The first-order valence-electron chi connectivity index (χ1n) is 9.20. The van der Waals surface area contributed by atoms with Crippen molar-refractivity contribution in [1.82, 2.24) is 19.6 Å². The third-order valence-electron chi connectivity index (χ3n) is 4.50. The molecule has 0 aliphatic heterocycles. The van der Waals surface area contributed by atoms with E-state index in [1.54, 1.807) is 6.07 Å². The second-order valence-electron chi connectivity index (χ2n) is 6.58. The van der Waals surface area contributed by atoms with E-state index in [0.29, 0.717) is 23.3 Å². The molecule has 0 radical (unpaired) electrons. The van der Waals surface area contributed by atoms with E-state index < -0.39 is 0 Å². The molecular weight excluding hydrogens is 374 g/mol. The number of benzene rings is 2. The molecule has 0 aliphatic carbocycles. The standard InChI is InChI=1S/C21H20ClN5O/c1-2-6-17-12-19(28)27-21(24-17)25-20(26-27)23-13-16-11-15(9-10-18(16)22)14-7-4-3-5-8-14/h3-5,7-12H,2,6,13H2,1H3,(H2,23,24,25,26). The van der Waals surface area contributed by atoms with E-state index in [0.717, 1.165) is 35.2 Å². The molecule has 0 spiro atoms. The molecule has 4 aromatic rings. The summed E-state index contributed by atoms with van der Waals surface area (Å²) in [7, 11) is 0. The molecule has 0 aliphatic rings. The predicted octanol–water partition coefficient (Wildman–Crippen LogP) is 4.30. The van der Waals surface area contributed by atoms with Crippen LogP contribution in [0.25, 0.3) is 16.9 Å². The summed E-state index contributed by atoms with van der Waals surface area (Å²) in [5, 5.41) is 8.07. The lowest BCUT2D eigenvalue weighted by Gasteiger charge is -2.08. The molecule has 0 saturated carbocycles. The Morgan fingerprint density at radius 2 is 1.93 bits per heavy atom. The SMILES string of the molecule is CCCc1cc(=O)n2nc(NCc3cc(-c4ccccc4)ccc3Cl)nc2[nH]1. The number of hydrogen-bond donors (Lipinski definition) is 2. The summed E-state index contributed by atoms with van der Waals surface area (Å²) in [6.07, 6.45) is 1.74. The number of H-pyrrole nitrogens is 1. The van der Waals surface area contributed by atoms with Crippen molar-refractivity contribution in [3.05, 3.63) is 81.2 Å². The zero-order valence-electron chi connectivity index (χ0n) is 15.4. The summed E-state index contributed by atoms with van der Waals surface area (Å²) in [6.45, 7) is 2.51. The molecule has 0 unspecified atom stereocenters. The number of hydrogen-bond acceptors (Lipinski definition) is 4. The highest BCUT2D eigenvalue weighted by molar-refractivity contribution is 6.31. The van der Waals surface area contributed by atoms with E-state index in [4.69, 9.17) is 11.6 Å². The summed E-state index contributed by atoms with van der Waals surface area (Å²) in [6, 6.07) is 17.6. The van der Waals surface area contributed by atoms with Crippen molar-refractivity contribution in [2.75, 3.05) is 5.32 Å². The van der Waals surface area contributed by atoms with Crippen LogP contribution in [0.3, 0.4) is 0 Å². The highest BCUT2D eigenvalue weighted by atomic mass is 35.5. The molecule has 4 rings (SSSR count). The molecule has 142 valence electrons. The average Bonchev–Trinajstić information content (AvgIpc) is 3.12. The van der Waals surface area contributed by atoms with Gasteiger partial charge in [0.2, 0.25) is 11.7 Å². The van der Waals surface area contributed by atoms with Crippen LogP contribution in [-0.2, 0) is 13.0 Å². The van der Waals surface area contributed by atoms with Gasteiger partial charge in [0.25, 0.3) is 5.56 Å². The fourth-order valence-electron chi connectivity index (χ4n) is 3.11. The molecular formula is C21H20ClN5O. The van der Waals surface area contributed by atoms with Crippen molar-refractivity contribution in [3.8, 4) is 11.1 Å². The van der Waals surface area contributed by atoms with Gasteiger partial charge in [0.05, 0.1) is 0 Å². The van der Waals surface area contributed by atoms with E-state index in [-0.39, 0.29) is 5.56 Å². The fourth-order valence-corrected chi connectivity index (χ4v) is 3.29. The maximum Gasteiger partial charge on any atom is 0.275 e. The van der Waals surface area contributed by atoms with E-state index >= 15 is 0 Å². The smallest absolute Gasteiger partial charge is 0.275 e. The second-order valence-corrected chi connectivity index (χ2v) is 6.99. The van der Waals surface area contributed by atoms with Gasteiger partial charge in [0, 0.05) is 23.3 Å². The minimum atomic E-state index is -0.193. The van der Waals surface area contributed by atoms with Crippen LogP contribution < -0.4 is 10.9 Å². The van der Waals surface area contributed by atoms with Crippen LogP contribution >= 0.6 is 11.6 Å². The number of fused-ring (bicyclic) bond motifs is 1. The lowest BCUT2D eigenvalue weighted by Crippen LogP contribution is -2.15. The lowest BCUT2D eigenvalue weighted by atomic mass is 10.0. The first-order chi connectivity index (χ1) is 13.6. The zero-order chi connectivity index (χ0) is 19.5. The monoisotopic (exact) mass is 393 g/mol. The molecule has 0 amide bonds. The molecule has 28 heavy (non-hydrogen) atoms. The van der Waals surface area contributed by atoms with Crippen molar-refractivity contribution in [3.63, 3.8) is 0 Å². The Labute approximate surface area is 167 Å². The molecule has 2 aromatic heterocycles. The van der Waals surface area contributed by atoms with E-state index in [1.807, 2.05) is 36.4 Å². The summed E-state index contributed by atoms with van der Waals surface area (Å²) in [4.78, 5) is 19.7. The number of anilines is 1. The molecule has 0 fully saturated rings. The molecule has 0 atom stereocenters. The van der Waals surface area contributed by atoms with Gasteiger partial charge in [-0.15, -0.1) is 5.10 Å². The van der Waals surface area contributed by atoms with Gasteiger partial charge in [-0.05, 0) is 35.2 Å². The number of nitrogens with one attached hydrogen (secondary N) is 2. The Hall–Kier alpha value is -3.12. The van der Waals surface area contributed by atoms with Crippen molar-refractivity contribution < 1.29 is 0 Å². The van der Waals surface area contributed by atoms with Gasteiger partial charge < -0.3 is 10.3 Å². The quantitative estimate of drug-likeness (QED) is 0.512. The Morgan fingerprint density at radius 3 is 2.71 bits per heavy atom. The first kappa shape index (κ1) is 18.3. The van der Waals surface area contributed by atoms with Crippen LogP contribution in [0.15, 0.2) is 59.4 Å². The summed E-state index contributed by atoms with van der Waals surface area (Å²) < 4.78 is 1.27. The summed E-state index contributed by atoms with van der Waals surface area (Å²) >= 11 is 6.37. The number of aromatic amines is 1. The third kappa shape index (κ3) is 3.77. The van der Waals surface area contributed by atoms with Gasteiger partial charge in [-0.25, -0.2) is 0 Å². The van der Waals surface area contributed by atoms with E-state index in [9.17, 15) is 4.79 Å². The third-order valence-corrected chi connectivity index (χ3v) is 4.86. The number of aryl methyl sites for hydroxylation is 1. The maximum atomic E-state index is 12.2. The van der Waals surface area contributed by atoms with Crippen molar-refractivity contribution >= 4 is 23.3 Å². The van der Waals surface area contributed by atoms with Crippen LogP contribution in [-0.4, -0.2) is 19.6 Å². The average molecular weight is 394 g/mol.